The molecule has 0 atom stereocenters. The Morgan fingerprint density at radius 1 is 1.36 bits per heavy atom. The van der Waals surface area contributed by atoms with Crippen LogP contribution in [-0.4, -0.2) is 41.2 Å². The molecule has 10 heteroatoms. The maximum Gasteiger partial charge on any atom is 0.351 e. The van der Waals surface area contributed by atoms with E-state index >= 15 is 0 Å². The molecule has 2 rings (SSSR count). The van der Waals surface area contributed by atoms with E-state index in [0.29, 0.717) is 4.83 Å². The van der Waals surface area contributed by atoms with E-state index in [1.54, 1.807) is 20.8 Å². The van der Waals surface area contributed by atoms with Crippen molar-refractivity contribution in [3.63, 3.8) is 0 Å². The Bertz CT molecular complexity index is 838. The fourth-order valence-corrected chi connectivity index (χ4v) is 2.91. The first-order valence-corrected chi connectivity index (χ1v) is 7.94. The van der Waals surface area contributed by atoms with Crippen molar-refractivity contribution in [3.8, 4) is 5.75 Å². The molecule has 0 aliphatic carbocycles. The quantitative estimate of drug-likeness (QED) is 0.449. The van der Waals surface area contributed by atoms with Gasteiger partial charge in [0.1, 0.15) is 16.6 Å². The topological polar surface area (TPSA) is 118 Å². The van der Waals surface area contributed by atoms with Gasteiger partial charge in [0.05, 0.1) is 17.4 Å². The predicted molar refractivity (Wildman–Crippen MR) is 89.0 cm³/mol. The summed E-state index contributed by atoms with van der Waals surface area (Å²) in [7, 11) is 1.19. The van der Waals surface area contributed by atoms with Crippen LogP contribution in [0, 0.1) is 10.1 Å². The fraction of sp³-hybridized carbons (Fsp3) is 0.400. The number of hydrogen-bond acceptors (Lipinski definition) is 9. The monoisotopic (exact) mass is 368 g/mol. The van der Waals surface area contributed by atoms with E-state index in [4.69, 9.17) is 9.47 Å². The van der Waals surface area contributed by atoms with E-state index < -0.39 is 29.1 Å². The Labute approximate surface area is 146 Å². The largest absolute Gasteiger partial charge is 0.479 e. The summed E-state index contributed by atoms with van der Waals surface area (Å²) in [5, 5.41) is 11.2. The number of pyridine rings is 1. The zero-order valence-corrected chi connectivity index (χ0v) is 14.8. The van der Waals surface area contributed by atoms with Crippen LogP contribution >= 0.6 is 11.3 Å². The molecule has 25 heavy (non-hydrogen) atoms. The normalized spacial score (nSPS) is 11.2. The molecule has 0 saturated heterocycles. The third-order valence-electron chi connectivity index (χ3n) is 2.82. The minimum atomic E-state index is -0.692. The van der Waals surface area contributed by atoms with Gasteiger partial charge < -0.3 is 14.2 Å². The summed E-state index contributed by atoms with van der Waals surface area (Å²) in [4.78, 5) is 38.5. The standard InChI is InChI=1S/C15H16N2O7S/c1-15(2,3)24-10(18)7-23-11-9-5-8(17(20)21)6-16-13(9)25-12(11)14(19)22-4/h5-6H,7H2,1-4H3. The third-order valence-corrected chi connectivity index (χ3v) is 3.90. The van der Waals surface area contributed by atoms with Crippen molar-refractivity contribution in [2.24, 2.45) is 0 Å². The lowest BCUT2D eigenvalue weighted by Gasteiger charge is -2.19. The molecule has 9 nitrogen and oxygen atoms in total. The first-order valence-electron chi connectivity index (χ1n) is 7.12. The molecule has 0 radical (unpaired) electrons. The summed E-state index contributed by atoms with van der Waals surface area (Å²) < 4.78 is 15.2. The lowest BCUT2D eigenvalue weighted by atomic mass is 10.2. The van der Waals surface area contributed by atoms with Crippen LogP contribution in [-0.2, 0) is 14.3 Å². The Kier molecular flexibility index (Phi) is 5.21. The van der Waals surface area contributed by atoms with E-state index in [0.717, 1.165) is 17.5 Å². The molecule has 0 bridgehead atoms. The SMILES string of the molecule is COC(=O)c1sc2ncc([N+](=O)[O-])cc2c1OCC(=O)OC(C)(C)C. The molecular weight excluding hydrogens is 352 g/mol. The highest BCUT2D eigenvalue weighted by Gasteiger charge is 2.25. The lowest BCUT2D eigenvalue weighted by molar-refractivity contribution is -0.385. The van der Waals surface area contributed by atoms with Gasteiger partial charge in [-0.05, 0) is 20.8 Å². The highest BCUT2D eigenvalue weighted by atomic mass is 32.1. The summed E-state index contributed by atoms with van der Waals surface area (Å²) in [5.74, 6) is -1.32. The van der Waals surface area contributed by atoms with Gasteiger partial charge in [-0.15, -0.1) is 11.3 Å². The molecule has 2 heterocycles. The highest BCUT2D eigenvalue weighted by Crippen LogP contribution is 2.38. The van der Waals surface area contributed by atoms with Crippen molar-refractivity contribution >= 4 is 39.2 Å². The van der Waals surface area contributed by atoms with E-state index in [-0.39, 0.29) is 21.7 Å². The summed E-state index contributed by atoms with van der Waals surface area (Å²) in [6.45, 7) is 4.66. The molecule has 0 amide bonds. The van der Waals surface area contributed by atoms with E-state index in [2.05, 4.69) is 9.72 Å². The van der Waals surface area contributed by atoms with Crippen LogP contribution in [0.2, 0.25) is 0 Å². The zero-order valence-electron chi connectivity index (χ0n) is 14.0. The van der Waals surface area contributed by atoms with Crippen molar-refractivity contribution in [2.45, 2.75) is 26.4 Å². The summed E-state index contributed by atoms with van der Waals surface area (Å²) >= 11 is 0.956. The van der Waals surface area contributed by atoms with Gasteiger partial charge in [0.25, 0.3) is 5.69 Å². The van der Waals surface area contributed by atoms with Crippen molar-refractivity contribution in [1.29, 1.82) is 0 Å². The van der Waals surface area contributed by atoms with Crippen LogP contribution in [0.15, 0.2) is 12.3 Å². The Morgan fingerprint density at radius 3 is 2.60 bits per heavy atom. The van der Waals surface area contributed by atoms with Gasteiger partial charge in [-0.3, -0.25) is 10.1 Å². The second kappa shape index (κ2) is 7.01. The summed E-state index contributed by atoms with van der Waals surface area (Å²) in [6.07, 6.45) is 1.08. The second-order valence-electron chi connectivity index (χ2n) is 5.93. The average molecular weight is 368 g/mol. The zero-order chi connectivity index (χ0) is 18.8. The smallest absolute Gasteiger partial charge is 0.351 e. The van der Waals surface area contributed by atoms with E-state index in [1.807, 2.05) is 0 Å². The number of aromatic nitrogens is 1. The lowest BCUT2D eigenvalue weighted by Crippen LogP contribution is -2.27. The second-order valence-corrected chi connectivity index (χ2v) is 6.93. The maximum absolute atomic E-state index is 11.9. The average Bonchev–Trinajstić information content (AvgIpc) is 2.88. The van der Waals surface area contributed by atoms with Gasteiger partial charge in [0, 0.05) is 6.07 Å². The number of hydrogen-bond donors (Lipinski definition) is 0. The van der Waals surface area contributed by atoms with Crippen molar-refractivity contribution in [2.75, 3.05) is 13.7 Å². The number of esters is 2. The number of fused-ring (bicyclic) bond motifs is 1. The fourth-order valence-electron chi connectivity index (χ4n) is 1.92. The molecule has 0 unspecified atom stereocenters. The molecule has 0 saturated carbocycles. The van der Waals surface area contributed by atoms with Crippen LogP contribution in [0.25, 0.3) is 10.2 Å². The van der Waals surface area contributed by atoms with Gasteiger partial charge in [-0.25, -0.2) is 14.6 Å². The number of carbonyl (C=O) groups is 2. The molecule has 0 aliphatic rings. The van der Waals surface area contributed by atoms with Gasteiger partial charge >= 0.3 is 11.9 Å². The third kappa shape index (κ3) is 4.41. The molecule has 0 aromatic carbocycles. The number of nitro groups is 1. The van der Waals surface area contributed by atoms with Crippen LogP contribution in [0.1, 0.15) is 30.4 Å². The van der Waals surface area contributed by atoms with Crippen LogP contribution in [0.5, 0.6) is 5.75 Å². The molecule has 0 fully saturated rings. The van der Waals surface area contributed by atoms with Crippen molar-refractivity contribution in [1.82, 2.24) is 4.98 Å². The summed E-state index contributed by atoms with van der Waals surface area (Å²) in [6, 6.07) is 1.23. The molecule has 134 valence electrons. The molecule has 0 N–H and O–H groups in total. The van der Waals surface area contributed by atoms with Crippen LogP contribution < -0.4 is 4.74 Å². The van der Waals surface area contributed by atoms with E-state index in [9.17, 15) is 19.7 Å². The van der Waals surface area contributed by atoms with Crippen molar-refractivity contribution in [3.05, 3.63) is 27.3 Å². The minimum Gasteiger partial charge on any atom is -0.479 e. The van der Waals surface area contributed by atoms with Crippen molar-refractivity contribution < 1.29 is 28.7 Å². The number of thiophene rings is 1. The predicted octanol–water partition coefficient (Wildman–Crippen LogP) is 2.71. The van der Waals surface area contributed by atoms with Crippen LogP contribution in [0.3, 0.4) is 0 Å². The van der Waals surface area contributed by atoms with Crippen LogP contribution in [0.4, 0.5) is 5.69 Å². The van der Waals surface area contributed by atoms with Gasteiger partial charge in [-0.1, -0.05) is 0 Å². The number of ether oxygens (including phenoxy) is 3. The molecule has 0 spiro atoms. The Hall–Kier alpha value is -2.75. The molecular formula is C15H16N2O7S. The molecule has 2 aromatic rings. The highest BCUT2D eigenvalue weighted by molar-refractivity contribution is 7.20. The molecule has 2 aromatic heterocycles. The first-order chi connectivity index (χ1) is 11.6. The van der Waals surface area contributed by atoms with E-state index in [1.165, 1.54) is 13.2 Å². The first kappa shape index (κ1) is 18.6. The minimum absolute atomic E-state index is 0.00825. The summed E-state index contributed by atoms with van der Waals surface area (Å²) in [5.41, 5.74) is -0.952. The number of methoxy groups -OCH3 is 1. The molecule has 0 aliphatic heterocycles. The van der Waals surface area contributed by atoms with Gasteiger partial charge in [0.15, 0.2) is 17.2 Å². The number of rotatable bonds is 5. The van der Waals surface area contributed by atoms with Gasteiger partial charge in [0.2, 0.25) is 0 Å². The number of carbonyl (C=O) groups excluding carboxylic acids is 2. The van der Waals surface area contributed by atoms with Gasteiger partial charge in [-0.2, -0.15) is 0 Å². The Morgan fingerprint density at radius 2 is 2.04 bits per heavy atom. The number of nitrogens with zero attached hydrogens (tertiary/aromatic N) is 2. The maximum atomic E-state index is 11.9. The Balaban J connectivity index is 2.40.